The van der Waals surface area contributed by atoms with Crippen molar-refractivity contribution in [1.82, 2.24) is 0 Å². The highest BCUT2D eigenvalue weighted by Gasteiger charge is 2.35. The normalized spacial score (nSPS) is 16.1. The predicted octanol–water partition coefficient (Wildman–Crippen LogP) is 3.25. The van der Waals surface area contributed by atoms with Gasteiger partial charge in [-0.2, -0.15) is 0 Å². The smallest absolute Gasteiger partial charge is 0.343 e. The second-order valence-corrected chi connectivity index (χ2v) is 5.97. The van der Waals surface area contributed by atoms with Crippen molar-refractivity contribution in [3.05, 3.63) is 64.0 Å². The summed E-state index contributed by atoms with van der Waals surface area (Å²) in [5.41, 5.74) is 0.838. The van der Waals surface area contributed by atoms with Gasteiger partial charge in [-0.15, -0.1) is 0 Å². The Kier molecular flexibility index (Phi) is 3.88. The van der Waals surface area contributed by atoms with Crippen LogP contribution in [0, 0.1) is 0 Å². The maximum absolute atomic E-state index is 12.7. The fourth-order valence-corrected chi connectivity index (χ4v) is 3.35. The Morgan fingerprint density at radius 3 is 2.62 bits per heavy atom. The van der Waals surface area contributed by atoms with Crippen LogP contribution in [0.25, 0.3) is 11.0 Å². The van der Waals surface area contributed by atoms with E-state index in [1.807, 2.05) is 0 Å². The molecule has 1 aliphatic heterocycles. The molecular weight excluding hydrogens is 336 g/mol. The lowest BCUT2D eigenvalue weighted by atomic mass is 9.86. The Balaban J connectivity index is 2.01. The van der Waals surface area contributed by atoms with E-state index in [0.29, 0.717) is 33.6 Å². The van der Waals surface area contributed by atoms with E-state index in [9.17, 15) is 9.59 Å². The topological polar surface area (TPSA) is 75.0 Å². The number of carbonyl (C=O) groups is 1. The number of methoxy groups -OCH3 is 2. The molecule has 0 spiro atoms. The molecule has 6 nitrogen and oxygen atoms in total. The Morgan fingerprint density at radius 1 is 1.04 bits per heavy atom. The van der Waals surface area contributed by atoms with Gasteiger partial charge in [-0.1, -0.05) is 12.1 Å². The first-order valence-electron chi connectivity index (χ1n) is 8.10. The van der Waals surface area contributed by atoms with Gasteiger partial charge in [0.05, 0.1) is 31.6 Å². The summed E-state index contributed by atoms with van der Waals surface area (Å²) in [4.78, 5) is 25.0. The van der Waals surface area contributed by atoms with Gasteiger partial charge < -0.3 is 18.6 Å². The first-order valence-corrected chi connectivity index (χ1v) is 8.10. The van der Waals surface area contributed by atoms with Crippen LogP contribution in [0.5, 0.6) is 17.2 Å². The van der Waals surface area contributed by atoms with Crippen LogP contribution in [0.2, 0.25) is 0 Å². The van der Waals surface area contributed by atoms with Crippen LogP contribution in [-0.4, -0.2) is 20.2 Å². The lowest BCUT2D eigenvalue weighted by Gasteiger charge is -2.25. The number of rotatable bonds is 3. The van der Waals surface area contributed by atoms with E-state index in [4.69, 9.17) is 18.6 Å². The SMILES string of the molecule is COc1ccc(OC)c([C@H]2CC(=O)Oc3c2c(=O)oc2ccccc32)c1. The van der Waals surface area contributed by atoms with Crippen molar-refractivity contribution in [3.8, 4) is 17.2 Å². The van der Waals surface area contributed by atoms with E-state index in [2.05, 4.69) is 0 Å². The largest absolute Gasteiger partial charge is 0.497 e. The van der Waals surface area contributed by atoms with Gasteiger partial charge in [-0.05, 0) is 30.3 Å². The minimum absolute atomic E-state index is 0.0135. The van der Waals surface area contributed by atoms with Crippen molar-refractivity contribution < 1.29 is 23.4 Å². The number of fused-ring (bicyclic) bond motifs is 3. The average Bonchev–Trinajstić information content (AvgIpc) is 2.66. The van der Waals surface area contributed by atoms with E-state index in [-0.39, 0.29) is 12.2 Å². The number of para-hydroxylation sites is 1. The van der Waals surface area contributed by atoms with Crippen LogP contribution in [0.3, 0.4) is 0 Å². The number of carbonyl (C=O) groups excluding carboxylic acids is 1. The highest BCUT2D eigenvalue weighted by atomic mass is 16.5. The monoisotopic (exact) mass is 352 g/mol. The molecule has 1 aromatic heterocycles. The van der Waals surface area contributed by atoms with Crippen LogP contribution < -0.4 is 19.8 Å². The molecule has 1 atom stereocenters. The fraction of sp³-hybridized carbons (Fsp3) is 0.200. The summed E-state index contributed by atoms with van der Waals surface area (Å²) in [6.07, 6.45) is 0.0135. The van der Waals surface area contributed by atoms with Gasteiger partial charge in [-0.25, -0.2) is 4.79 Å². The number of benzene rings is 2. The molecule has 0 N–H and O–H groups in total. The Morgan fingerprint density at radius 2 is 1.85 bits per heavy atom. The maximum Gasteiger partial charge on any atom is 0.343 e. The fourth-order valence-electron chi connectivity index (χ4n) is 3.35. The molecule has 4 rings (SSSR count). The Labute approximate surface area is 148 Å². The van der Waals surface area contributed by atoms with Crippen LogP contribution in [0.15, 0.2) is 51.7 Å². The molecule has 0 bridgehead atoms. The molecule has 6 heteroatoms. The highest BCUT2D eigenvalue weighted by Crippen LogP contribution is 2.44. The van der Waals surface area contributed by atoms with Gasteiger partial charge in [0.1, 0.15) is 17.1 Å². The molecule has 0 amide bonds. The lowest BCUT2D eigenvalue weighted by molar-refractivity contribution is -0.135. The van der Waals surface area contributed by atoms with Crippen molar-refractivity contribution in [2.75, 3.05) is 14.2 Å². The first-order chi connectivity index (χ1) is 12.6. The van der Waals surface area contributed by atoms with Gasteiger partial charge in [0.15, 0.2) is 5.75 Å². The number of ether oxygens (including phenoxy) is 3. The zero-order chi connectivity index (χ0) is 18.3. The molecule has 0 radical (unpaired) electrons. The van der Waals surface area contributed by atoms with Gasteiger partial charge in [0, 0.05) is 11.5 Å². The molecule has 1 aliphatic rings. The van der Waals surface area contributed by atoms with E-state index in [0.717, 1.165) is 0 Å². The molecule has 0 fully saturated rings. The Hall–Kier alpha value is -3.28. The third-order valence-corrected chi connectivity index (χ3v) is 4.55. The molecule has 2 heterocycles. The van der Waals surface area contributed by atoms with Crippen molar-refractivity contribution in [2.45, 2.75) is 12.3 Å². The summed E-state index contributed by atoms with van der Waals surface area (Å²) >= 11 is 0. The second-order valence-electron chi connectivity index (χ2n) is 5.97. The summed E-state index contributed by atoms with van der Waals surface area (Å²) in [5, 5.41) is 0.585. The summed E-state index contributed by atoms with van der Waals surface area (Å²) in [7, 11) is 3.09. The zero-order valence-electron chi connectivity index (χ0n) is 14.3. The molecule has 132 valence electrons. The van der Waals surface area contributed by atoms with Crippen LogP contribution >= 0.6 is 0 Å². The quantitative estimate of drug-likeness (QED) is 0.532. The van der Waals surface area contributed by atoms with Crippen LogP contribution in [0.4, 0.5) is 0 Å². The summed E-state index contributed by atoms with van der Waals surface area (Å²) < 4.78 is 21.6. The third-order valence-electron chi connectivity index (χ3n) is 4.55. The van der Waals surface area contributed by atoms with E-state index >= 15 is 0 Å². The van der Waals surface area contributed by atoms with Gasteiger partial charge in [0.25, 0.3) is 0 Å². The average molecular weight is 352 g/mol. The minimum Gasteiger partial charge on any atom is -0.497 e. The highest BCUT2D eigenvalue weighted by molar-refractivity contribution is 5.90. The predicted molar refractivity (Wildman–Crippen MR) is 94.1 cm³/mol. The third kappa shape index (κ3) is 2.50. The van der Waals surface area contributed by atoms with Crippen molar-refractivity contribution in [1.29, 1.82) is 0 Å². The second kappa shape index (κ2) is 6.22. The van der Waals surface area contributed by atoms with Gasteiger partial charge >= 0.3 is 11.6 Å². The summed E-state index contributed by atoms with van der Waals surface area (Å²) in [6, 6.07) is 12.2. The van der Waals surface area contributed by atoms with Gasteiger partial charge in [-0.3, -0.25) is 4.79 Å². The molecule has 0 unspecified atom stereocenters. The van der Waals surface area contributed by atoms with E-state index in [1.54, 1.807) is 49.6 Å². The van der Waals surface area contributed by atoms with E-state index in [1.165, 1.54) is 7.11 Å². The van der Waals surface area contributed by atoms with Crippen molar-refractivity contribution in [3.63, 3.8) is 0 Å². The van der Waals surface area contributed by atoms with Crippen molar-refractivity contribution in [2.24, 2.45) is 0 Å². The molecule has 0 saturated heterocycles. The Bertz CT molecular complexity index is 1070. The lowest BCUT2D eigenvalue weighted by Crippen LogP contribution is -2.27. The maximum atomic E-state index is 12.7. The summed E-state index contributed by atoms with van der Waals surface area (Å²) in [5.74, 6) is 0.457. The molecule has 26 heavy (non-hydrogen) atoms. The number of hydrogen-bond donors (Lipinski definition) is 0. The minimum atomic E-state index is -0.544. The standard InChI is InChI=1S/C20H16O6/c1-23-11-7-8-15(24-2)13(9-11)14-10-17(21)26-19-12-5-3-4-6-16(12)25-20(22)18(14)19/h3-9,14H,10H2,1-2H3/t14-/m1/s1. The van der Waals surface area contributed by atoms with Crippen LogP contribution in [0.1, 0.15) is 23.5 Å². The zero-order valence-corrected chi connectivity index (χ0v) is 14.3. The molecule has 0 aliphatic carbocycles. The number of esters is 1. The van der Waals surface area contributed by atoms with Crippen LogP contribution in [-0.2, 0) is 4.79 Å². The molecule has 2 aromatic carbocycles. The molecular formula is C20H16O6. The molecule has 3 aromatic rings. The molecule has 0 saturated carbocycles. The van der Waals surface area contributed by atoms with Gasteiger partial charge in [0.2, 0.25) is 0 Å². The number of hydrogen-bond acceptors (Lipinski definition) is 6. The first kappa shape index (κ1) is 16.2. The van der Waals surface area contributed by atoms with E-state index < -0.39 is 17.5 Å². The summed E-state index contributed by atoms with van der Waals surface area (Å²) in [6.45, 7) is 0. The van der Waals surface area contributed by atoms with Crippen molar-refractivity contribution >= 4 is 16.9 Å².